The minimum atomic E-state index is 0.289. The number of aliphatic imine (C=N–C) groups is 1. The van der Waals surface area contributed by atoms with Crippen molar-refractivity contribution in [1.29, 1.82) is 0 Å². The third-order valence-electron chi connectivity index (χ3n) is 5.21. The molecule has 2 aromatic carbocycles. The Bertz CT molecular complexity index is 1300. The number of hydrogen-bond donors (Lipinski definition) is 1. The van der Waals surface area contributed by atoms with Gasteiger partial charge in [-0.3, -0.25) is 4.99 Å². The molecule has 0 amide bonds. The van der Waals surface area contributed by atoms with Gasteiger partial charge in [-0.25, -0.2) is 15.0 Å². The lowest BCUT2D eigenvalue weighted by atomic mass is 10.1. The van der Waals surface area contributed by atoms with Crippen LogP contribution in [0.3, 0.4) is 0 Å². The Morgan fingerprint density at radius 3 is 2.91 bits per heavy atom. The average Bonchev–Trinajstić information content (AvgIpc) is 3.21. The van der Waals surface area contributed by atoms with E-state index in [1.807, 2.05) is 49.5 Å². The highest BCUT2D eigenvalue weighted by Gasteiger charge is 2.16. The highest BCUT2D eigenvalue weighted by Crippen LogP contribution is 2.26. The number of aromatic nitrogens is 3. The first-order valence-corrected chi connectivity index (χ1v) is 11.1. The Morgan fingerprint density at radius 2 is 2.03 bits per heavy atom. The molecular weight excluding hydrogens is 438 g/mol. The standard InChI is InChI=1S/C25H22ClN5O2/c1-16-28-13-22-23(6-3-11-27-24(22)29-16)30-19-4-2-5-21(12-19)32-14-20-15-33-25(31-20)17-7-9-18(26)10-8-17/h2,4-5,7-10,12-13,15H,3,6,11,14H2,1H3,(H,27,28,29). The molecule has 0 radical (unpaired) electrons. The number of hydrogen-bond acceptors (Lipinski definition) is 7. The van der Waals surface area contributed by atoms with Crippen molar-refractivity contribution in [2.45, 2.75) is 26.4 Å². The molecule has 2 aromatic heterocycles. The van der Waals surface area contributed by atoms with Gasteiger partial charge in [0.2, 0.25) is 5.89 Å². The molecule has 7 nitrogen and oxygen atoms in total. The van der Waals surface area contributed by atoms with E-state index < -0.39 is 0 Å². The second kappa shape index (κ2) is 9.42. The highest BCUT2D eigenvalue weighted by molar-refractivity contribution is 6.30. The number of fused-ring (bicyclic) bond motifs is 1. The first-order chi connectivity index (χ1) is 16.1. The van der Waals surface area contributed by atoms with Gasteiger partial charge in [0.25, 0.3) is 0 Å². The number of nitrogens with zero attached hydrogens (tertiary/aromatic N) is 4. The Labute approximate surface area is 196 Å². The zero-order valence-corrected chi connectivity index (χ0v) is 18.8. The summed E-state index contributed by atoms with van der Waals surface area (Å²) in [5, 5.41) is 4.04. The van der Waals surface area contributed by atoms with Crippen LogP contribution in [0.1, 0.15) is 29.9 Å². The van der Waals surface area contributed by atoms with Crippen LogP contribution in [0.5, 0.6) is 5.75 Å². The van der Waals surface area contributed by atoms with Gasteiger partial charge < -0.3 is 14.5 Å². The van der Waals surface area contributed by atoms with Crippen LogP contribution < -0.4 is 10.1 Å². The van der Waals surface area contributed by atoms with Crippen molar-refractivity contribution in [2.24, 2.45) is 4.99 Å². The lowest BCUT2D eigenvalue weighted by Gasteiger charge is -2.09. The van der Waals surface area contributed by atoms with Gasteiger partial charge in [-0.15, -0.1) is 0 Å². The van der Waals surface area contributed by atoms with Crippen LogP contribution in [-0.2, 0) is 6.61 Å². The fraction of sp³-hybridized carbons (Fsp3) is 0.200. The van der Waals surface area contributed by atoms with Crippen molar-refractivity contribution in [2.75, 3.05) is 11.9 Å². The minimum Gasteiger partial charge on any atom is -0.487 e. The average molecular weight is 460 g/mol. The molecule has 4 aromatic rings. The van der Waals surface area contributed by atoms with E-state index in [1.165, 1.54) is 0 Å². The lowest BCUT2D eigenvalue weighted by molar-refractivity contribution is 0.301. The summed E-state index contributed by atoms with van der Waals surface area (Å²) >= 11 is 5.95. The number of ether oxygens (including phenoxy) is 1. The molecule has 0 fully saturated rings. The first-order valence-electron chi connectivity index (χ1n) is 10.7. The van der Waals surface area contributed by atoms with Gasteiger partial charge in [0.15, 0.2) is 0 Å². The molecule has 5 rings (SSSR count). The Hall–Kier alpha value is -3.71. The molecule has 0 spiro atoms. The number of halogens is 1. The second-order valence-electron chi connectivity index (χ2n) is 7.71. The van der Waals surface area contributed by atoms with E-state index in [4.69, 9.17) is 25.7 Å². The maximum Gasteiger partial charge on any atom is 0.226 e. The summed E-state index contributed by atoms with van der Waals surface area (Å²) in [6.45, 7) is 3.04. The number of nitrogens with one attached hydrogen (secondary N) is 1. The van der Waals surface area contributed by atoms with Crippen molar-refractivity contribution < 1.29 is 9.15 Å². The maximum absolute atomic E-state index is 5.95. The van der Waals surface area contributed by atoms with E-state index in [1.54, 1.807) is 18.4 Å². The van der Waals surface area contributed by atoms with Crippen LogP contribution in [0.15, 0.2) is 70.4 Å². The highest BCUT2D eigenvalue weighted by atomic mass is 35.5. The molecule has 1 aliphatic heterocycles. The van der Waals surface area contributed by atoms with Crippen LogP contribution in [0, 0.1) is 6.92 Å². The van der Waals surface area contributed by atoms with Gasteiger partial charge in [-0.05, 0) is 56.2 Å². The third-order valence-corrected chi connectivity index (χ3v) is 5.47. The number of aryl methyl sites for hydroxylation is 1. The predicted molar refractivity (Wildman–Crippen MR) is 128 cm³/mol. The molecule has 0 aliphatic carbocycles. The normalized spacial score (nSPS) is 14.4. The summed E-state index contributed by atoms with van der Waals surface area (Å²) in [5.74, 6) is 2.82. The number of oxazole rings is 1. The lowest BCUT2D eigenvalue weighted by Crippen LogP contribution is -2.06. The molecule has 1 aliphatic rings. The molecule has 0 saturated carbocycles. The van der Waals surface area contributed by atoms with Gasteiger partial charge in [0, 0.05) is 29.4 Å². The Morgan fingerprint density at radius 1 is 1.15 bits per heavy atom. The van der Waals surface area contributed by atoms with Crippen LogP contribution in [0.4, 0.5) is 11.5 Å². The van der Waals surface area contributed by atoms with E-state index in [9.17, 15) is 0 Å². The molecule has 3 heterocycles. The number of rotatable bonds is 5. The smallest absolute Gasteiger partial charge is 0.226 e. The molecule has 0 bridgehead atoms. The van der Waals surface area contributed by atoms with E-state index in [0.29, 0.717) is 22.4 Å². The molecule has 0 saturated heterocycles. The molecule has 0 unspecified atom stereocenters. The summed E-state index contributed by atoms with van der Waals surface area (Å²) in [4.78, 5) is 18.3. The van der Waals surface area contributed by atoms with Gasteiger partial charge >= 0.3 is 0 Å². The van der Waals surface area contributed by atoms with Gasteiger partial charge in [-0.1, -0.05) is 17.7 Å². The summed E-state index contributed by atoms with van der Waals surface area (Å²) in [6.07, 6.45) is 5.28. The first kappa shape index (κ1) is 21.2. The van der Waals surface area contributed by atoms with Crippen LogP contribution >= 0.6 is 11.6 Å². The van der Waals surface area contributed by atoms with Gasteiger partial charge in [-0.2, -0.15) is 0 Å². The molecule has 8 heteroatoms. The molecule has 33 heavy (non-hydrogen) atoms. The van der Waals surface area contributed by atoms with Crippen molar-refractivity contribution >= 4 is 28.8 Å². The van der Waals surface area contributed by atoms with Crippen molar-refractivity contribution in [1.82, 2.24) is 15.0 Å². The van der Waals surface area contributed by atoms with E-state index in [2.05, 4.69) is 20.3 Å². The number of benzene rings is 2. The van der Waals surface area contributed by atoms with Crippen molar-refractivity contribution in [3.8, 4) is 17.2 Å². The van der Waals surface area contributed by atoms with Crippen molar-refractivity contribution in [3.05, 3.63) is 83.1 Å². The summed E-state index contributed by atoms with van der Waals surface area (Å²) in [5.41, 5.74) is 4.30. The SMILES string of the molecule is Cc1ncc2c(n1)NCCCC2=Nc1cccc(OCc2coc(-c3ccc(Cl)cc3)n2)c1. The van der Waals surface area contributed by atoms with E-state index in [0.717, 1.165) is 53.6 Å². The van der Waals surface area contributed by atoms with Crippen molar-refractivity contribution in [3.63, 3.8) is 0 Å². The summed E-state index contributed by atoms with van der Waals surface area (Å²) in [7, 11) is 0. The summed E-state index contributed by atoms with van der Waals surface area (Å²) in [6, 6.07) is 15.1. The van der Waals surface area contributed by atoms with Crippen LogP contribution in [0.2, 0.25) is 5.02 Å². The van der Waals surface area contributed by atoms with E-state index in [-0.39, 0.29) is 6.61 Å². The van der Waals surface area contributed by atoms with E-state index >= 15 is 0 Å². The molecule has 0 atom stereocenters. The second-order valence-corrected chi connectivity index (χ2v) is 8.14. The van der Waals surface area contributed by atoms with Gasteiger partial charge in [0.1, 0.15) is 36.0 Å². The molecule has 1 N–H and O–H groups in total. The monoisotopic (exact) mass is 459 g/mol. The van der Waals surface area contributed by atoms with Gasteiger partial charge in [0.05, 0.1) is 17.0 Å². The molecular formula is C25H22ClN5O2. The quantitative estimate of drug-likeness (QED) is 0.394. The fourth-order valence-corrected chi connectivity index (χ4v) is 3.71. The zero-order valence-electron chi connectivity index (χ0n) is 18.1. The Kier molecular flexibility index (Phi) is 6.04. The largest absolute Gasteiger partial charge is 0.487 e. The third kappa shape index (κ3) is 5.04. The maximum atomic E-state index is 5.95. The predicted octanol–water partition coefficient (Wildman–Crippen LogP) is 6.00. The fourth-order valence-electron chi connectivity index (χ4n) is 3.58. The molecule has 166 valence electrons. The summed E-state index contributed by atoms with van der Waals surface area (Å²) < 4.78 is 11.5. The Balaban J connectivity index is 1.31. The van der Waals surface area contributed by atoms with Crippen LogP contribution in [0.25, 0.3) is 11.5 Å². The number of anilines is 1. The zero-order chi connectivity index (χ0) is 22.6. The van der Waals surface area contributed by atoms with Crippen LogP contribution in [-0.4, -0.2) is 27.2 Å². The topological polar surface area (TPSA) is 85.4 Å². The minimum absolute atomic E-state index is 0.289.